The Balaban J connectivity index is 1.74. The summed E-state index contributed by atoms with van der Waals surface area (Å²) in [6.07, 6.45) is 43.7. The number of unbranched alkanes of at least 4 members (excludes halogenated alkanes) is 24. The predicted molar refractivity (Wildman–Crippen MR) is 164 cm³/mol. The van der Waals surface area contributed by atoms with Crippen molar-refractivity contribution in [1.82, 2.24) is 0 Å². The van der Waals surface area contributed by atoms with Crippen LogP contribution in [0.1, 0.15) is 199 Å². The Bertz CT molecular complexity index is 385. The molecule has 0 spiro atoms. The second-order valence-corrected chi connectivity index (χ2v) is 12.8. The van der Waals surface area contributed by atoms with Gasteiger partial charge >= 0.3 is 0 Å². The van der Waals surface area contributed by atoms with E-state index in [1.807, 2.05) is 0 Å². The van der Waals surface area contributed by atoms with Crippen LogP contribution >= 0.6 is 0 Å². The van der Waals surface area contributed by atoms with E-state index in [2.05, 4.69) is 0 Å². The third kappa shape index (κ3) is 24.7. The lowest BCUT2D eigenvalue weighted by Crippen LogP contribution is -1.97. The smallest absolute Gasteiger partial charge is 0.0431 e. The van der Waals surface area contributed by atoms with Gasteiger partial charge in [0.15, 0.2) is 0 Å². The molecule has 1 rings (SSSR count). The molecule has 0 aromatic carbocycles. The van der Waals surface area contributed by atoms with Crippen molar-refractivity contribution in [2.24, 2.45) is 11.8 Å². The summed E-state index contributed by atoms with van der Waals surface area (Å²) in [6, 6.07) is 0. The van der Waals surface area contributed by atoms with Crippen LogP contribution in [0.15, 0.2) is 0 Å². The minimum Gasteiger partial charge on any atom is -0.396 e. The monoisotopic (exact) mass is 523 g/mol. The lowest BCUT2D eigenvalue weighted by molar-refractivity contribution is 0.282. The summed E-state index contributed by atoms with van der Waals surface area (Å²) in [5, 5.41) is 17.6. The fourth-order valence-electron chi connectivity index (χ4n) is 6.68. The molecule has 2 nitrogen and oxygen atoms in total. The third-order valence-electron chi connectivity index (χ3n) is 9.19. The number of hydrogen-bond donors (Lipinski definition) is 2. The molecule has 2 N–H and O–H groups in total. The molecule has 0 aromatic rings. The summed E-state index contributed by atoms with van der Waals surface area (Å²) in [5.74, 6) is 2.13. The average molecular weight is 523 g/mol. The SMILES string of the molecule is OCCCCCCCCCCCCCCC[C@@H]1CC[C@H](CCCCCCCCCCCCCCCO)C1. The van der Waals surface area contributed by atoms with Crippen molar-refractivity contribution < 1.29 is 10.2 Å². The van der Waals surface area contributed by atoms with Gasteiger partial charge in [0.25, 0.3) is 0 Å². The highest BCUT2D eigenvalue weighted by Crippen LogP contribution is 2.37. The van der Waals surface area contributed by atoms with Crippen molar-refractivity contribution in [3.63, 3.8) is 0 Å². The normalized spacial score (nSPS) is 17.7. The highest BCUT2D eigenvalue weighted by molar-refractivity contribution is 4.75. The third-order valence-corrected chi connectivity index (χ3v) is 9.19. The molecule has 0 saturated heterocycles. The molecule has 0 unspecified atom stereocenters. The summed E-state index contributed by atoms with van der Waals surface area (Å²) < 4.78 is 0. The van der Waals surface area contributed by atoms with Crippen LogP contribution in [-0.4, -0.2) is 23.4 Å². The highest BCUT2D eigenvalue weighted by Gasteiger charge is 2.23. The number of hydrogen-bond acceptors (Lipinski definition) is 2. The lowest BCUT2D eigenvalue weighted by Gasteiger charge is -2.11. The molecule has 0 bridgehead atoms. The van der Waals surface area contributed by atoms with E-state index in [0.717, 1.165) is 24.7 Å². The molecule has 1 fully saturated rings. The van der Waals surface area contributed by atoms with Crippen LogP contribution in [0.4, 0.5) is 0 Å². The van der Waals surface area contributed by atoms with Crippen LogP contribution < -0.4 is 0 Å². The maximum atomic E-state index is 8.80. The summed E-state index contributed by atoms with van der Waals surface area (Å²) >= 11 is 0. The van der Waals surface area contributed by atoms with Crippen molar-refractivity contribution in [3.8, 4) is 0 Å². The molecule has 0 aromatic heterocycles. The molecular formula is C35H70O2. The standard InChI is InChI=1S/C35H70O2/c36-31-25-21-17-13-9-5-1-3-7-11-15-19-23-27-34-29-30-35(33-34)28-24-20-16-12-8-4-2-6-10-14-18-22-26-32-37/h34-37H,1-33H2/t34-,35+. The maximum absolute atomic E-state index is 8.80. The van der Waals surface area contributed by atoms with Gasteiger partial charge in [-0.15, -0.1) is 0 Å². The van der Waals surface area contributed by atoms with E-state index >= 15 is 0 Å². The first-order chi connectivity index (χ1) is 18.4. The van der Waals surface area contributed by atoms with E-state index in [4.69, 9.17) is 10.2 Å². The lowest BCUT2D eigenvalue weighted by atomic mass is 9.95. The summed E-state index contributed by atoms with van der Waals surface area (Å²) in [7, 11) is 0. The first kappa shape index (κ1) is 34.9. The molecule has 222 valence electrons. The van der Waals surface area contributed by atoms with Crippen LogP contribution in [0.25, 0.3) is 0 Å². The Labute approximate surface area is 234 Å². The van der Waals surface area contributed by atoms with Crippen LogP contribution in [-0.2, 0) is 0 Å². The second kappa shape index (κ2) is 28.9. The van der Waals surface area contributed by atoms with Crippen LogP contribution in [0.2, 0.25) is 0 Å². The number of aliphatic hydroxyl groups excluding tert-OH is 2. The minimum absolute atomic E-state index is 0.372. The molecular weight excluding hydrogens is 452 g/mol. The zero-order valence-corrected chi connectivity index (χ0v) is 25.4. The van der Waals surface area contributed by atoms with Gasteiger partial charge in [-0.2, -0.15) is 0 Å². The summed E-state index contributed by atoms with van der Waals surface area (Å²) in [6.45, 7) is 0.745. The van der Waals surface area contributed by atoms with Gasteiger partial charge in [0.05, 0.1) is 0 Å². The molecule has 2 atom stereocenters. The summed E-state index contributed by atoms with van der Waals surface area (Å²) in [5.41, 5.74) is 0. The Kier molecular flexibility index (Phi) is 27.3. The second-order valence-electron chi connectivity index (χ2n) is 12.8. The van der Waals surface area contributed by atoms with Crippen LogP contribution in [0, 0.1) is 11.8 Å². The van der Waals surface area contributed by atoms with Gasteiger partial charge < -0.3 is 10.2 Å². The number of rotatable bonds is 30. The molecule has 1 saturated carbocycles. The molecule has 0 aliphatic heterocycles. The van der Waals surface area contributed by atoms with Crippen LogP contribution in [0.5, 0.6) is 0 Å². The van der Waals surface area contributed by atoms with Gasteiger partial charge in [0, 0.05) is 13.2 Å². The molecule has 0 heterocycles. The van der Waals surface area contributed by atoms with E-state index in [1.165, 1.54) is 180 Å². The summed E-state index contributed by atoms with van der Waals surface area (Å²) in [4.78, 5) is 0. The molecule has 1 aliphatic carbocycles. The Morgan fingerprint density at radius 2 is 0.514 bits per heavy atom. The fraction of sp³-hybridized carbons (Fsp3) is 1.00. The molecule has 37 heavy (non-hydrogen) atoms. The van der Waals surface area contributed by atoms with E-state index < -0.39 is 0 Å². The molecule has 0 radical (unpaired) electrons. The van der Waals surface area contributed by atoms with Crippen molar-refractivity contribution in [3.05, 3.63) is 0 Å². The Hall–Kier alpha value is -0.0800. The quantitative estimate of drug-likeness (QED) is 0.0921. The topological polar surface area (TPSA) is 40.5 Å². The van der Waals surface area contributed by atoms with Gasteiger partial charge in [0.1, 0.15) is 0 Å². The van der Waals surface area contributed by atoms with Crippen molar-refractivity contribution in [2.45, 2.75) is 199 Å². The van der Waals surface area contributed by atoms with Gasteiger partial charge in [-0.25, -0.2) is 0 Å². The van der Waals surface area contributed by atoms with Crippen LogP contribution in [0.3, 0.4) is 0 Å². The Morgan fingerprint density at radius 3 is 0.757 bits per heavy atom. The number of aliphatic hydroxyl groups is 2. The molecule has 2 heteroatoms. The average Bonchev–Trinajstić information content (AvgIpc) is 3.36. The minimum atomic E-state index is 0.372. The largest absolute Gasteiger partial charge is 0.396 e. The van der Waals surface area contributed by atoms with Crippen molar-refractivity contribution in [1.29, 1.82) is 0 Å². The van der Waals surface area contributed by atoms with Crippen molar-refractivity contribution in [2.75, 3.05) is 13.2 Å². The van der Waals surface area contributed by atoms with E-state index in [0.29, 0.717) is 13.2 Å². The van der Waals surface area contributed by atoms with Gasteiger partial charge in [-0.3, -0.25) is 0 Å². The zero-order valence-electron chi connectivity index (χ0n) is 25.4. The first-order valence-electron chi connectivity index (χ1n) is 17.6. The predicted octanol–water partition coefficient (Wildman–Crippen LogP) is 11.3. The fourth-order valence-corrected chi connectivity index (χ4v) is 6.68. The maximum Gasteiger partial charge on any atom is 0.0431 e. The Morgan fingerprint density at radius 1 is 0.297 bits per heavy atom. The van der Waals surface area contributed by atoms with Crippen molar-refractivity contribution >= 4 is 0 Å². The molecule has 1 aliphatic rings. The van der Waals surface area contributed by atoms with E-state index in [9.17, 15) is 0 Å². The van der Waals surface area contributed by atoms with Gasteiger partial charge in [0.2, 0.25) is 0 Å². The van der Waals surface area contributed by atoms with Gasteiger partial charge in [-0.05, 0) is 31.1 Å². The van der Waals surface area contributed by atoms with E-state index in [-0.39, 0.29) is 0 Å². The molecule has 0 amide bonds. The van der Waals surface area contributed by atoms with E-state index in [1.54, 1.807) is 6.42 Å². The first-order valence-corrected chi connectivity index (χ1v) is 17.6. The van der Waals surface area contributed by atoms with Gasteiger partial charge in [-0.1, -0.05) is 180 Å². The highest BCUT2D eigenvalue weighted by atomic mass is 16.3. The zero-order chi connectivity index (χ0) is 26.5.